The Bertz CT molecular complexity index is 803. The first-order valence-corrected chi connectivity index (χ1v) is 9.91. The molecule has 25 heavy (non-hydrogen) atoms. The number of benzene rings is 2. The van der Waals surface area contributed by atoms with E-state index in [9.17, 15) is 13.2 Å². The average Bonchev–Trinajstić information content (AvgIpc) is 2.61. The van der Waals surface area contributed by atoms with E-state index in [4.69, 9.17) is 5.11 Å². The molecule has 2 rings (SSSR count). The zero-order valence-electron chi connectivity index (χ0n) is 14.2. The van der Waals surface area contributed by atoms with Gasteiger partial charge in [0.05, 0.1) is 16.3 Å². The molecule has 2 N–H and O–H groups in total. The van der Waals surface area contributed by atoms with Gasteiger partial charge in [-0.1, -0.05) is 49.4 Å². The van der Waals surface area contributed by atoms with Gasteiger partial charge in [-0.05, 0) is 30.5 Å². The molecule has 0 fully saturated rings. The Morgan fingerprint density at radius 1 is 1.08 bits per heavy atom. The second kappa shape index (κ2) is 8.67. The van der Waals surface area contributed by atoms with E-state index >= 15 is 0 Å². The van der Waals surface area contributed by atoms with Crippen molar-refractivity contribution in [2.24, 2.45) is 0 Å². The van der Waals surface area contributed by atoms with Crippen LogP contribution in [0.5, 0.6) is 0 Å². The minimum absolute atomic E-state index is 0.0180. The Kier molecular flexibility index (Phi) is 6.58. The molecule has 0 aliphatic carbocycles. The largest absolute Gasteiger partial charge is 0.481 e. The molecule has 5 nitrogen and oxygen atoms in total. The molecule has 2 aromatic carbocycles. The first kappa shape index (κ1) is 19.0. The van der Waals surface area contributed by atoms with Gasteiger partial charge in [0.2, 0.25) is 0 Å². The maximum absolute atomic E-state index is 12.3. The lowest BCUT2D eigenvalue weighted by atomic mass is 10.0. The van der Waals surface area contributed by atoms with E-state index in [2.05, 4.69) is 5.32 Å². The lowest BCUT2D eigenvalue weighted by molar-refractivity contribution is -0.137. The van der Waals surface area contributed by atoms with Gasteiger partial charge < -0.3 is 10.4 Å². The van der Waals surface area contributed by atoms with Crippen molar-refractivity contribution in [2.45, 2.75) is 37.1 Å². The molecule has 0 bridgehead atoms. The van der Waals surface area contributed by atoms with Crippen molar-refractivity contribution in [3.8, 4) is 0 Å². The van der Waals surface area contributed by atoms with Gasteiger partial charge in [0, 0.05) is 12.5 Å². The first-order chi connectivity index (χ1) is 11.9. The van der Waals surface area contributed by atoms with Crippen LogP contribution in [0.15, 0.2) is 59.5 Å². The number of anilines is 1. The van der Waals surface area contributed by atoms with Crippen LogP contribution in [-0.2, 0) is 21.1 Å². The van der Waals surface area contributed by atoms with E-state index < -0.39 is 15.8 Å². The molecule has 0 saturated carbocycles. The molecular weight excluding hydrogens is 338 g/mol. The predicted molar refractivity (Wildman–Crippen MR) is 98.6 cm³/mol. The van der Waals surface area contributed by atoms with Crippen LogP contribution < -0.4 is 5.32 Å². The lowest BCUT2D eigenvalue weighted by Crippen LogP contribution is -2.24. The quantitative estimate of drug-likeness (QED) is 0.715. The zero-order valence-corrected chi connectivity index (χ0v) is 15.0. The summed E-state index contributed by atoms with van der Waals surface area (Å²) in [7, 11) is -3.36. The fourth-order valence-corrected chi connectivity index (χ4v) is 3.71. The van der Waals surface area contributed by atoms with Crippen LogP contribution in [0.1, 0.15) is 25.3 Å². The maximum Gasteiger partial charge on any atom is 0.303 e. The third-order valence-corrected chi connectivity index (χ3v) is 5.78. The smallest absolute Gasteiger partial charge is 0.303 e. The molecule has 1 atom stereocenters. The number of hydrogen-bond acceptors (Lipinski definition) is 4. The Morgan fingerprint density at radius 3 is 2.36 bits per heavy atom. The summed E-state index contributed by atoms with van der Waals surface area (Å²) in [5.74, 6) is -0.848. The molecule has 6 heteroatoms. The summed E-state index contributed by atoms with van der Waals surface area (Å²) in [6, 6.07) is 16.3. The van der Waals surface area contributed by atoms with E-state index in [1.807, 2.05) is 30.3 Å². The normalized spacial score (nSPS) is 12.5. The highest BCUT2D eigenvalue weighted by Gasteiger charge is 2.19. The molecule has 0 radical (unpaired) electrons. The molecule has 134 valence electrons. The van der Waals surface area contributed by atoms with E-state index in [-0.39, 0.29) is 23.1 Å². The highest BCUT2D eigenvalue weighted by Crippen LogP contribution is 2.24. The number of sulfone groups is 1. The number of rotatable bonds is 9. The Hall–Kier alpha value is -2.34. The number of para-hydroxylation sites is 1. The molecule has 0 amide bonds. The standard InChI is InChI=1S/C19H23NO4S/c1-2-25(23,24)18-11-7-6-10-17(18)20-16(12-13-19(21)22)14-15-8-4-3-5-9-15/h3-11,16,20H,2,12-14H2,1H3,(H,21,22). The zero-order chi connectivity index (χ0) is 18.3. The molecule has 0 aliphatic heterocycles. The Morgan fingerprint density at radius 2 is 1.72 bits per heavy atom. The topological polar surface area (TPSA) is 83.5 Å². The second-order valence-electron chi connectivity index (χ2n) is 5.86. The van der Waals surface area contributed by atoms with Crippen molar-refractivity contribution in [3.05, 3.63) is 60.2 Å². The van der Waals surface area contributed by atoms with Crippen LogP contribution >= 0.6 is 0 Å². The number of aliphatic carboxylic acids is 1. The monoisotopic (exact) mass is 361 g/mol. The molecule has 0 aromatic heterocycles. The maximum atomic E-state index is 12.3. The number of hydrogen-bond donors (Lipinski definition) is 2. The molecular formula is C19H23NO4S. The van der Waals surface area contributed by atoms with Crippen molar-refractivity contribution in [1.29, 1.82) is 0 Å². The van der Waals surface area contributed by atoms with Crippen LogP contribution in [0.3, 0.4) is 0 Å². The number of nitrogens with one attached hydrogen (secondary N) is 1. The molecule has 0 saturated heterocycles. The van der Waals surface area contributed by atoms with Gasteiger partial charge in [-0.3, -0.25) is 4.79 Å². The van der Waals surface area contributed by atoms with Crippen LogP contribution in [-0.4, -0.2) is 31.3 Å². The van der Waals surface area contributed by atoms with Gasteiger partial charge in [0.25, 0.3) is 0 Å². The molecule has 0 heterocycles. The van der Waals surface area contributed by atoms with E-state index in [1.165, 1.54) is 0 Å². The predicted octanol–water partition coefficient (Wildman–Crippen LogP) is 3.37. The summed E-state index contributed by atoms with van der Waals surface area (Å²) < 4.78 is 24.6. The van der Waals surface area contributed by atoms with Crippen LogP contribution in [0.4, 0.5) is 5.69 Å². The molecule has 0 aliphatic rings. The number of carboxylic acid groups (broad SMARTS) is 1. The van der Waals surface area contributed by atoms with Gasteiger partial charge in [-0.25, -0.2) is 8.42 Å². The highest BCUT2D eigenvalue weighted by atomic mass is 32.2. The van der Waals surface area contributed by atoms with Crippen LogP contribution in [0, 0.1) is 0 Å². The Balaban J connectivity index is 2.26. The van der Waals surface area contributed by atoms with Crippen molar-refractivity contribution in [3.63, 3.8) is 0 Å². The third kappa shape index (κ3) is 5.60. The first-order valence-electron chi connectivity index (χ1n) is 8.26. The number of carbonyl (C=O) groups is 1. The summed E-state index contributed by atoms with van der Waals surface area (Å²) in [5.41, 5.74) is 1.59. The van der Waals surface area contributed by atoms with Crippen LogP contribution in [0.25, 0.3) is 0 Å². The Labute approximate surface area is 148 Å². The minimum atomic E-state index is -3.36. The summed E-state index contributed by atoms with van der Waals surface area (Å²) in [5, 5.41) is 12.2. The molecule has 0 spiro atoms. The van der Waals surface area contributed by atoms with Crippen molar-refractivity contribution in [2.75, 3.05) is 11.1 Å². The van der Waals surface area contributed by atoms with Gasteiger partial charge in [-0.2, -0.15) is 0 Å². The molecule has 1 unspecified atom stereocenters. The summed E-state index contributed by atoms with van der Waals surface area (Å²) in [4.78, 5) is 11.2. The summed E-state index contributed by atoms with van der Waals surface area (Å²) in [6.45, 7) is 1.61. The van der Waals surface area contributed by atoms with Gasteiger partial charge in [0.15, 0.2) is 9.84 Å². The fraction of sp³-hybridized carbons (Fsp3) is 0.316. The third-order valence-electron chi connectivity index (χ3n) is 3.99. The van der Waals surface area contributed by atoms with Crippen molar-refractivity contribution in [1.82, 2.24) is 0 Å². The second-order valence-corrected chi connectivity index (χ2v) is 8.11. The number of carboxylic acids is 1. The van der Waals surface area contributed by atoms with Crippen molar-refractivity contribution >= 4 is 21.5 Å². The van der Waals surface area contributed by atoms with E-state index in [0.29, 0.717) is 18.5 Å². The lowest BCUT2D eigenvalue weighted by Gasteiger charge is -2.21. The van der Waals surface area contributed by atoms with Gasteiger partial charge in [-0.15, -0.1) is 0 Å². The average molecular weight is 361 g/mol. The van der Waals surface area contributed by atoms with Crippen LogP contribution in [0.2, 0.25) is 0 Å². The molecule has 2 aromatic rings. The fourth-order valence-electron chi connectivity index (χ4n) is 2.65. The van der Waals surface area contributed by atoms with Gasteiger partial charge >= 0.3 is 5.97 Å². The van der Waals surface area contributed by atoms with E-state index in [1.54, 1.807) is 31.2 Å². The highest BCUT2D eigenvalue weighted by molar-refractivity contribution is 7.91. The van der Waals surface area contributed by atoms with Crippen molar-refractivity contribution < 1.29 is 18.3 Å². The summed E-state index contributed by atoms with van der Waals surface area (Å²) >= 11 is 0. The summed E-state index contributed by atoms with van der Waals surface area (Å²) in [6.07, 6.45) is 1.05. The van der Waals surface area contributed by atoms with Gasteiger partial charge in [0.1, 0.15) is 0 Å². The minimum Gasteiger partial charge on any atom is -0.481 e. The SMILES string of the molecule is CCS(=O)(=O)c1ccccc1NC(CCC(=O)O)Cc1ccccc1. The van der Waals surface area contributed by atoms with E-state index in [0.717, 1.165) is 5.56 Å².